The van der Waals surface area contributed by atoms with E-state index in [-0.39, 0.29) is 0 Å². The SMILES string of the molecule is CCNC(C)c1ccc(N(C)c2ccc(C)cc2C)nc1. The Morgan fingerprint density at radius 1 is 1.19 bits per heavy atom. The summed E-state index contributed by atoms with van der Waals surface area (Å²) >= 11 is 0. The average Bonchev–Trinajstić information content (AvgIpc) is 2.47. The second-order valence-electron chi connectivity index (χ2n) is 5.58. The molecule has 2 aromatic rings. The molecule has 112 valence electrons. The number of nitrogens with one attached hydrogen (secondary N) is 1. The second kappa shape index (κ2) is 6.72. The number of hydrogen-bond acceptors (Lipinski definition) is 3. The molecule has 1 aromatic carbocycles. The van der Waals surface area contributed by atoms with E-state index in [9.17, 15) is 0 Å². The van der Waals surface area contributed by atoms with Crippen LogP contribution in [-0.2, 0) is 0 Å². The highest BCUT2D eigenvalue weighted by atomic mass is 15.2. The number of pyridine rings is 1. The van der Waals surface area contributed by atoms with Gasteiger partial charge in [-0.05, 0) is 50.6 Å². The summed E-state index contributed by atoms with van der Waals surface area (Å²) in [4.78, 5) is 6.74. The Bertz CT molecular complexity index is 590. The van der Waals surface area contributed by atoms with Crippen LogP contribution in [0.4, 0.5) is 11.5 Å². The fourth-order valence-electron chi connectivity index (χ4n) is 2.58. The highest BCUT2D eigenvalue weighted by Crippen LogP contribution is 2.26. The van der Waals surface area contributed by atoms with Gasteiger partial charge < -0.3 is 10.2 Å². The third kappa shape index (κ3) is 3.61. The first-order valence-corrected chi connectivity index (χ1v) is 7.53. The molecular formula is C18H25N3. The monoisotopic (exact) mass is 283 g/mol. The lowest BCUT2D eigenvalue weighted by atomic mass is 10.1. The van der Waals surface area contributed by atoms with Crippen LogP contribution in [0, 0.1) is 13.8 Å². The van der Waals surface area contributed by atoms with Crippen LogP contribution >= 0.6 is 0 Å². The maximum Gasteiger partial charge on any atom is 0.132 e. The lowest BCUT2D eigenvalue weighted by Gasteiger charge is -2.21. The maximum atomic E-state index is 4.61. The summed E-state index contributed by atoms with van der Waals surface area (Å²) in [5, 5.41) is 3.40. The molecule has 2 rings (SSSR count). The van der Waals surface area contributed by atoms with Gasteiger partial charge in [-0.3, -0.25) is 0 Å². The topological polar surface area (TPSA) is 28.2 Å². The van der Waals surface area contributed by atoms with Gasteiger partial charge in [-0.15, -0.1) is 0 Å². The van der Waals surface area contributed by atoms with Crippen LogP contribution in [-0.4, -0.2) is 18.6 Å². The van der Waals surface area contributed by atoms with Gasteiger partial charge >= 0.3 is 0 Å². The largest absolute Gasteiger partial charge is 0.329 e. The molecule has 21 heavy (non-hydrogen) atoms. The van der Waals surface area contributed by atoms with E-state index in [4.69, 9.17) is 0 Å². The summed E-state index contributed by atoms with van der Waals surface area (Å²) in [6, 6.07) is 11.1. The van der Waals surface area contributed by atoms with Gasteiger partial charge in [0.1, 0.15) is 5.82 Å². The molecule has 0 radical (unpaired) electrons. The summed E-state index contributed by atoms with van der Waals surface area (Å²) in [5.74, 6) is 0.967. The molecule has 0 saturated heterocycles. The van der Waals surface area contributed by atoms with Gasteiger partial charge in [0.25, 0.3) is 0 Å². The summed E-state index contributed by atoms with van der Waals surface area (Å²) < 4.78 is 0. The van der Waals surface area contributed by atoms with Crippen molar-refractivity contribution in [1.82, 2.24) is 10.3 Å². The first-order chi connectivity index (χ1) is 10.0. The van der Waals surface area contributed by atoms with Crippen LogP contribution < -0.4 is 10.2 Å². The Labute approximate surface area is 128 Å². The van der Waals surface area contributed by atoms with E-state index in [1.165, 1.54) is 22.4 Å². The molecule has 0 aliphatic rings. The Kier molecular flexibility index (Phi) is 4.97. The van der Waals surface area contributed by atoms with Gasteiger partial charge in [0.2, 0.25) is 0 Å². The Hall–Kier alpha value is -1.87. The zero-order valence-corrected chi connectivity index (χ0v) is 13.6. The summed E-state index contributed by atoms with van der Waals surface area (Å²) in [6.45, 7) is 9.50. The van der Waals surface area contributed by atoms with Crippen LogP contribution in [0.2, 0.25) is 0 Å². The molecule has 1 aromatic heterocycles. The van der Waals surface area contributed by atoms with Crippen LogP contribution in [0.15, 0.2) is 36.5 Å². The number of hydrogen-bond donors (Lipinski definition) is 1. The number of aromatic nitrogens is 1. The number of nitrogens with zero attached hydrogens (tertiary/aromatic N) is 2. The van der Waals surface area contributed by atoms with E-state index in [0.717, 1.165) is 12.4 Å². The van der Waals surface area contributed by atoms with E-state index in [1.54, 1.807) is 0 Å². The van der Waals surface area contributed by atoms with Gasteiger partial charge in [0.15, 0.2) is 0 Å². The van der Waals surface area contributed by atoms with E-state index < -0.39 is 0 Å². The second-order valence-corrected chi connectivity index (χ2v) is 5.58. The summed E-state index contributed by atoms with van der Waals surface area (Å²) in [7, 11) is 2.06. The van der Waals surface area contributed by atoms with Gasteiger partial charge in [-0.2, -0.15) is 0 Å². The van der Waals surface area contributed by atoms with Crippen LogP contribution in [0.5, 0.6) is 0 Å². The Balaban J connectivity index is 2.21. The van der Waals surface area contributed by atoms with Gasteiger partial charge in [-0.25, -0.2) is 4.98 Å². The number of rotatable bonds is 5. The van der Waals surface area contributed by atoms with Crippen molar-refractivity contribution >= 4 is 11.5 Å². The average molecular weight is 283 g/mol. The Morgan fingerprint density at radius 2 is 1.95 bits per heavy atom. The van der Waals surface area contributed by atoms with Crippen molar-refractivity contribution in [2.45, 2.75) is 33.7 Å². The Morgan fingerprint density at radius 3 is 2.52 bits per heavy atom. The third-order valence-corrected chi connectivity index (χ3v) is 3.84. The fourth-order valence-corrected chi connectivity index (χ4v) is 2.58. The van der Waals surface area contributed by atoms with Gasteiger partial charge in [0.05, 0.1) is 0 Å². The van der Waals surface area contributed by atoms with Crippen LogP contribution in [0.3, 0.4) is 0 Å². The van der Waals surface area contributed by atoms with Crippen LogP contribution in [0.1, 0.15) is 36.6 Å². The standard InChI is InChI=1S/C18H25N3/c1-6-19-15(4)16-8-10-18(20-12-16)21(5)17-9-7-13(2)11-14(17)3/h7-12,15,19H,6H2,1-5H3. The van der Waals surface area contributed by atoms with Crippen molar-refractivity contribution in [3.05, 3.63) is 53.2 Å². The molecule has 3 nitrogen and oxygen atoms in total. The lowest BCUT2D eigenvalue weighted by Crippen LogP contribution is -2.18. The molecule has 0 amide bonds. The molecule has 1 N–H and O–H groups in total. The molecule has 1 unspecified atom stereocenters. The van der Waals surface area contributed by atoms with Crippen molar-refractivity contribution in [3.8, 4) is 0 Å². The van der Waals surface area contributed by atoms with Crippen LogP contribution in [0.25, 0.3) is 0 Å². The molecule has 0 fully saturated rings. The van der Waals surface area contributed by atoms with E-state index in [2.05, 4.69) is 80.3 Å². The minimum Gasteiger partial charge on any atom is -0.329 e. The predicted octanol–water partition coefficient (Wildman–Crippen LogP) is 4.14. The van der Waals surface area contributed by atoms with Gasteiger partial charge in [0, 0.05) is 25.0 Å². The number of benzene rings is 1. The molecular weight excluding hydrogens is 258 g/mol. The van der Waals surface area contributed by atoms with E-state index >= 15 is 0 Å². The lowest BCUT2D eigenvalue weighted by molar-refractivity contribution is 0.596. The number of aryl methyl sites for hydroxylation is 2. The molecule has 0 bridgehead atoms. The molecule has 0 spiro atoms. The maximum absolute atomic E-state index is 4.61. The normalized spacial score (nSPS) is 12.2. The van der Waals surface area contributed by atoms with Crippen molar-refractivity contribution in [2.75, 3.05) is 18.5 Å². The fraction of sp³-hybridized carbons (Fsp3) is 0.389. The van der Waals surface area contributed by atoms with Crippen molar-refractivity contribution in [1.29, 1.82) is 0 Å². The minimum absolute atomic E-state index is 0.336. The molecule has 0 aliphatic heterocycles. The molecule has 0 saturated carbocycles. The molecule has 0 aliphatic carbocycles. The highest BCUT2D eigenvalue weighted by Gasteiger charge is 2.10. The zero-order valence-electron chi connectivity index (χ0n) is 13.6. The molecule has 1 heterocycles. The predicted molar refractivity (Wildman–Crippen MR) is 90.3 cm³/mol. The quantitative estimate of drug-likeness (QED) is 0.894. The van der Waals surface area contributed by atoms with E-state index in [0.29, 0.717) is 6.04 Å². The van der Waals surface area contributed by atoms with Crippen molar-refractivity contribution < 1.29 is 0 Å². The zero-order chi connectivity index (χ0) is 15.4. The third-order valence-electron chi connectivity index (χ3n) is 3.84. The molecule has 3 heteroatoms. The van der Waals surface area contributed by atoms with Gasteiger partial charge in [-0.1, -0.05) is 30.7 Å². The van der Waals surface area contributed by atoms with Crippen molar-refractivity contribution in [2.24, 2.45) is 0 Å². The van der Waals surface area contributed by atoms with E-state index in [1.807, 2.05) is 6.20 Å². The highest BCUT2D eigenvalue weighted by molar-refractivity contribution is 5.63. The van der Waals surface area contributed by atoms with Crippen molar-refractivity contribution in [3.63, 3.8) is 0 Å². The summed E-state index contributed by atoms with van der Waals surface area (Å²) in [5.41, 5.74) is 4.96. The first kappa shape index (κ1) is 15.5. The first-order valence-electron chi connectivity index (χ1n) is 7.53. The smallest absolute Gasteiger partial charge is 0.132 e. The minimum atomic E-state index is 0.336. The summed E-state index contributed by atoms with van der Waals surface area (Å²) in [6.07, 6.45) is 1.96. The number of anilines is 2. The molecule has 1 atom stereocenters.